The highest BCUT2D eigenvalue weighted by Crippen LogP contribution is 2.14. The van der Waals surface area contributed by atoms with Crippen LogP contribution in [0.1, 0.15) is 28.8 Å². The highest BCUT2D eigenvalue weighted by Gasteiger charge is 2.16. The standard InChI is InChI=1S/C18H21N3O4/c1-23-17-9-13(6-7-19-17)10-21-18(22)14-4-5-16(20-11-14)25-12-15-3-2-8-24-15/h4-7,9,11,15H,2-3,8,10,12H2,1H3,(H,21,22). The van der Waals surface area contributed by atoms with E-state index in [1.165, 1.54) is 6.20 Å². The van der Waals surface area contributed by atoms with Gasteiger partial charge in [0.1, 0.15) is 6.61 Å². The first-order chi connectivity index (χ1) is 12.2. The summed E-state index contributed by atoms with van der Waals surface area (Å²) in [6.07, 6.45) is 5.38. The molecule has 3 rings (SSSR count). The second-order valence-electron chi connectivity index (χ2n) is 5.72. The van der Waals surface area contributed by atoms with E-state index < -0.39 is 0 Å². The Kier molecular flexibility index (Phi) is 5.79. The third-order valence-electron chi connectivity index (χ3n) is 3.90. The fourth-order valence-electron chi connectivity index (χ4n) is 2.51. The van der Waals surface area contributed by atoms with Crippen LogP contribution in [0.5, 0.6) is 11.8 Å². The van der Waals surface area contributed by atoms with Crippen molar-refractivity contribution in [3.05, 3.63) is 47.8 Å². The van der Waals surface area contributed by atoms with Crippen molar-refractivity contribution in [3.63, 3.8) is 0 Å². The smallest absolute Gasteiger partial charge is 0.253 e. The SMILES string of the molecule is COc1cc(CNC(=O)c2ccc(OCC3CCCO3)nc2)ccn1. The van der Waals surface area contributed by atoms with Crippen LogP contribution in [-0.4, -0.2) is 42.3 Å². The van der Waals surface area contributed by atoms with Crippen LogP contribution in [0, 0.1) is 0 Å². The number of rotatable bonds is 7. The van der Waals surface area contributed by atoms with Gasteiger partial charge in [0.05, 0.1) is 18.8 Å². The molecule has 2 aromatic rings. The average molecular weight is 343 g/mol. The summed E-state index contributed by atoms with van der Waals surface area (Å²) in [5.41, 5.74) is 1.38. The fraction of sp³-hybridized carbons (Fsp3) is 0.389. The molecular weight excluding hydrogens is 322 g/mol. The maximum absolute atomic E-state index is 12.2. The second-order valence-corrected chi connectivity index (χ2v) is 5.72. The van der Waals surface area contributed by atoms with Gasteiger partial charge in [-0.15, -0.1) is 0 Å². The van der Waals surface area contributed by atoms with Crippen molar-refractivity contribution in [3.8, 4) is 11.8 Å². The van der Waals surface area contributed by atoms with Crippen molar-refractivity contribution in [1.29, 1.82) is 0 Å². The van der Waals surface area contributed by atoms with Gasteiger partial charge in [-0.1, -0.05) is 0 Å². The van der Waals surface area contributed by atoms with Gasteiger partial charge < -0.3 is 19.5 Å². The Hall–Kier alpha value is -2.67. The number of nitrogens with zero attached hydrogens (tertiary/aromatic N) is 2. The predicted octanol–water partition coefficient (Wildman–Crippen LogP) is 1.97. The lowest BCUT2D eigenvalue weighted by atomic mass is 10.2. The quantitative estimate of drug-likeness (QED) is 0.828. The summed E-state index contributed by atoms with van der Waals surface area (Å²) < 4.78 is 16.2. The van der Waals surface area contributed by atoms with Crippen LogP contribution < -0.4 is 14.8 Å². The van der Waals surface area contributed by atoms with E-state index in [0.29, 0.717) is 30.5 Å². The van der Waals surface area contributed by atoms with E-state index in [4.69, 9.17) is 14.2 Å². The third kappa shape index (κ3) is 4.90. The van der Waals surface area contributed by atoms with Gasteiger partial charge in [-0.3, -0.25) is 4.79 Å². The van der Waals surface area contributed by atoms with Crippen molar-refractivity contribution < 1.29 is 19.0 Å². The monoisotopic (exact) mass is 343 g/mol. The summed E-state index contributed by atoms with van der Waals surface area (Å²) in [6, 6.07) is 6.99. The number of hydrogen-bond acceptors (Lipinski definition) is 6. The average Bonchev–Trinajstić information content (AvgIpc) is 3.18. The van der Waals surface area contributed by atoms with Gasteiger partial charge in [-0.25, -0.2) is 9.97 Å². The number of nitrogens with one attached hydrogen (secondary N) is 1. The Balaban J connectivity index is 1.49. The van der Waals surface area contributed by atoms with Crippen LogP contribution in [0.25, 0.3) is 0 Å². The van der Waals surface area contributed by atoms with Gasteiger partial charge in [-0.05, 0) is 30.5 Å². The first-order valence-corrected chi connectivity index (χ1v) is 8.22. The minimum absolute atomic E-state index is 0.141. The van der Waals surface area contributed by atoms with E-state index in [9.17, 15) is 4.79 Å². The molecule has 2 aromatic heterocycles. The third-order valence-corrected chi connectivity index (χ3v) is 3.90. The van der Waals surface area contributed by atoms with Crippen LogP contribution in [0.3, 0.4) is 0 Å². The number of pyridine rings is 2. The lowest BCUT2D eigenvalue weighted by molar-refractivity contribution is 0.0663. The van der Waals surface area contributed by atoms with E-state index in [2.05, 4.69) is 15.3 Å². The fourth-order valence-corrected chi connectivity index (χ4v) is 2.51. The zero-order valence-corrected chi connectivity index (χ0v) is 14.1. The van der Waals surface area contributed by atoms with E-state index in [-0.39, 0.29) is 12.0 Å². The molecule has 3 heterocycles. The Morgan fingerprint density at radius 1 is 1.32 bits per heavy atom. The van der Waals surface area contributed by atoms with Crippen LogP contribution in [0.15, 0.2) is 36.7 Å². The zero-order chi connectivity index (χ0) is 17.5. The summed E-state index contributed by atoms with van der Waals surface area (Å²) in [4.78, 5) is 20.4. The normalized spacial score (nSPS) is 16.4. The predicted molar refractivity (Wildman–Crippen MR) is 90.7 cm³/mol. The summed E-state index contributed by atoms with van der Waals surface area (Å²) in [7, 11) is 1.55. The molecule has 25 heavy (non-hydrogen) atoms. The van der Waals surface area contributed by atoms with E-state index >= 15 is 0 Å². The molecular formula is C18H21N3O4. The van der Waals surface area contributed by atoms with Crippen LogP contribution in [0.4, 0.5) is 0 Å². The molecule has 1 fully saturated rings. The molecule has 1 unspecified atom stereocenters. The van der Waals surface area contributed by atoms with Crippen LogP contribution in [-0.2, 0) is 11.3 Å². The molecule has 1 saturated heterocycles. The number of aromatic nitrogens is 2. The molecule has 0 spiro atoms. The molecule has 1 aliphatic heterocycles. The molecule has 0 aliphatic carbocycles. The first kappa shape index (κ1) is 17.2. The van der Waals surface area contributed by atoms with Crippen molar-refractivity contribution in [2.75, 3.05) is 20.3 Å². The number of carbonyl (C=O) groups is 1. The van der Waals surface area contributed by atoms with E-state index in [1.54, 1.807) is 31.5 Å². The molecule has 1 atom stereocenters. The molecule has 132 valence electrons. The van der Waals surface area contributed by atoms with Gasteiger partial charge >= 0.3 is 0 Å². The maximum Gasteiger partial charge on any atom is 0.253 e. The van der Waals surface area contributed by atoms with Crippen molar-refractivity contribution in [2.45, 2.75) is 25.5 Å². The second kappa shape index (κ2) is 8.43. The molecule has 1 amide bonds. The van der Waals surface area contributed by atoms with Crippen molar-refractivity contribution in [2.24, 2.45) is 0 Å². The maximum atomic E-state index is 12.2. The largest absolute Gasteiger partial charge is 0.481 e. The van der Waals surface area contributed by atoms with Crippen molar-refractivity contribution >= 4 is 5.91 Å². The summed E-state index contributed by atoms with van der Waals surface area (Å²) in [5, 5.41) is 2.84. The summed E-state index contributed by atoms with van der Waals surface area (Å²) in [5.74, 6) is 0.807. The minimum Gasteiger partial charge on any atom is -0.481 e. The molecule has 0 saturated carbocycles. The Bertz CT molecular complexity index is 700. The summed E-state index contributed by atoms with van der Waals surface area (Å²) >= 11 is 0. The molecule has 7 nitrogen and oxygen atoms in total. The number of hydrogen-bond donors (Lipinski definition) is 1. The number of amides is 1. The topological polar surface area (TPSA) is 82.6 Å². The number of carbonyl (C=O) groups excluding carboxylic acids is 1. The molecule has 0 aromatic carbocycles. The minimum atomic E-state index is -0.200. The van der Waals surface area contributed by atoms with Gasteiger partial charge in [0.15, 0.2) is 0 Å². The van der Waals surface area contributed by atoms with E-state index in [1.807, 2.05) is 6.07 Å². The molecule has 7 heteroatoms. The Morgan fingerprint density at radius 3 is 2.96 bits per heavy atom. The highest BCUT2D eigenvalue weighted by molar-refractivity contribution is 5.93. The van der Waals surface area contributed by atoms with Crippen molar-refractivity contribution in [1.82, 2.24) is 15.3 Å². The number of ether oxygens (including phenoxy) is 3. The molecule has 0 bridgehead atoms. The molecule has 1 aliphatic rings. The van der Waals surface area contributed by atoms with Gasteiger partial charge in [0, 0.05) is 37.7 Å². The number of methoxy groups -OCH3 is 1. The Labute approximate surface area is 146 Å². The highest BCUT2D eigenvalue weighted by atomic mass is 16.5. The van der Waals surface area contributed by atoms with Crippen LogP contribution >= 0.6 is 0 Å². The van der Waals surface area contributed by atoms with E-state index in [0.717, 1.165) is 25.0 Å². The zero-order valence-electron chi connectivity index (χ0n) is 14.1. The van der Waals surface area contributed by atoms with Gasteiger partial charge in [0.2, 0.25) is 11.8 Å². The molecule has 0 radical (unpaired) electrons. The summed E-state index contributed by atoms with van der Waals surface area (Å²) in [6.45, 7) is 1.67. The van der Waals surface area contributed by atoms with Gasteiger partial charge in [0.25, 0.3) is 5.91 Å². The lowest BCUT2D eigenvalue weighted by Gasteiger charge is -2.11. The molecule has 1 N–H and O–H groups in total. The van der Waals surface area contributed by atoms with Crippen LogP contribution in [0.2, 0.25) is 0 Å². The van der Waals surface area contributed by atoms with Gasteiger partial charge in [-0.2, -0.15) is 0 Å². The first-order valence-electron chi connectivity index (χ1n) is 8.22. The Morgan fingerprint density at radius 2 is 2.24 bits per heavy atom. The lowest BCUT2D eigenvalue weighted by Crippen LogP contribution is -2.23.